The van der Waals surface area contributed by atoms with Gasteiger partial charge in [-0.2, -0.15) is 0 Å². The van der Waals surface area contributed by atoms with Crippen molar-refractivity contribution < 1.29 is 0 Å². The van der Waals surface area contributed by atoms with E-state index in [9.17, 15) is 0 Å². The highest BCUT2D eigenvalue weighted by Gasteiger charge is 2.30. The second kappa shape index (κ2) is 4.74. The van der Waals surface area contributed by atoms with Gasteiger partial charge in [-0.3, -0.25) is 0 Å². The Labute approximate surface area is 89.1 Å². The van der Waals surface area contributed by atoms with Gasteiger partial charge in [0, 0.05) is 21.0 Å². The molecule has 0 nitrogen and oxygen atoms in total. The fourth-order valence-electron chi connectivity index (χ4n) is 1.50. The lowest BCUT2D eigenvalue weighted by Gasteiger charge is -2.33. The van der Waals surface area contributed by atoms with Crippen molar-refractivity contribution in [3.8, 4) is 11.2 Å². The molecule has 1 heterocycles. The van der Waals surface area contributed by atoms with Gasteiger partial charge in [-0.15, -0.1) is 23.5 Å². The maximum atomic E-state index is 3.95. The van der Waals surface area contributed by atoms with E-state index in [-0.39, 0.29) is 0 Å². The van der Waals surface area contributed by atoms with Crippen LogP contribution in [0.4, 0.5) is 0 Å². The van der Waals surface area contributed by atoms with E-state index >= 15 is 0 Å². The van der Waals surface area contributed by atoms with Crippen LogP contribution in [0.3, 0.4) is 0 Å². The van der Waals surface area contributed by atoms with Gasteiger partial charge in [0.25, 0.3) is 0 Å². The van der Waals surface area contributed by atoms with Gasteiger partial charge in [0.2, 0.25) is 0 Å². The van der Waals surface area contributed by atoms with E-state index in [1.807, 2.05) is 23.5 Å². The largest absolute Gasteiger partial charge is 0.143 e. The number of thioether (sulfide) groups is 2. The van der Waals surface area contributed by atoms with E-state index in [4.69, 9.17) is 0 Å². The van der Waals surface area contributed by atoms with Gasteiger partial charge in [0.05, 0.1) is 0 Å². The van der Waals surface area contributed by atoms with Crippen LogP contribution in [-0.2, 0) is 0 Å². The smallest absolute Gasteiger partial charge is 0.0480 e. The molecule has 2 unspecified atom stereocenters. The molecule has 1 rings (SSSR count). The molecular weight excluding hydrogens is 204 g/mol. The van der Waals surface area contributed by atoms with Gasteiger partial charge in [-0.1, -0.05) is 32.4 Å². The minimum absolute atomic E-state index is 0.508. The highest BCUT2D eigenvalue weighted by molar-refractivity contribution is 8.18. The normalized spacial score (nSPS) is 41.7. The quantitative estimate of drug-likeness (QED) is 0.490. The summed E-state index contributed by atoms with van der Waals surface area (Å²) in [6.07, 6.45) is 0. The maximum absolute atomic E-state index is 3.95. The number of thiol groups is 1. The Bertz CT molecular complexity index is 192. The van der Waals surface area contributed by atoms with Crippen LogP contribution in [-0.4, -0.2) is 15.1 Å². The lowest BCUT2D eigenvalue weighted by molar-refractivity contribution is 0.650. The molecule has 1 saturated heterocycles. The summed E-state index contributed by atoms with van der Waals surface area (Å²) in [5.74, 6) is 3.69. The molecule has 0 radical (unpaired) electrons. The van der Waals surface area contributed by atoms with Crippen molar-refractivity contribution in [1.29, 1.82) is 0 Å². The fourth-order valence-corrected chi connectivity index (χ4v) is 5.21. The first-order valence-electron chi connectivity index (χ1n) is 4.10. The van der Waals surface area contributed by atoms with Crippen LogP contribution >= 0.6 is 36.2 Å². The van der Waals surface area contributed by atoms with Gasteiger partial charge >= 0.3 is 0 Å². The predicted octanol–water partition coefficient (Wildman–Crippen LogP) is 3.10. The van der Waals surface area contributed by atoms with Crippen LogP contribution in [0.2, 0.25) is 0 Å². The van der Waals surface area contributed by atoms with Crippen molar-refractivity contribution in [1.82, 2.24) is 0 Å². The van der Waals surface area contributed by atoms with Crippen molar-refractivity contribution >= 4 is 36.2 Å². The molecule has 0 aromatic rings. The highest BCUT2D eigenvalue weighted by Crippen LogP contribution is 2.42. The van der Waals surface area contributed by atoms with Crippen LogP contribution in [0.15, 0.2) is 0 Å². The first-order chi connectivity index (χ1) is 5.65. The van der Waals surface area contributed by atoms with Crippen LogP contribution in [0.1, 0.15) is 20.8 Å². The fraction of sp³-hybridized carbons (Fsp3) is 0.778. The van der Waals surface area contributed by atoms with E-state index in [0.717, 1.165) is 0 Å². The lowest BCUT2D eigenvalue weighted by Crippen LogP contribution is -2.29. The molecule has 1 fully saturated rings. The summed E-state index contributed by atoms with van der Waals surface area (Å²) in [7, 11) is 0. The van der Waals surface area contributed by atoms with E-state index in [1.54, 1.807) is 0 Å². The molecule has 0 N–H and O–H groups in total. The summed E-state index contributed by atoms with van der Waals surface area (Å²) in [6.45, 7) is 6.80. The zero-order valence-electron chi connectivity index (χ0n) is 7.57. The summed E-state index contributed by atoms with van der Waals surface area (Å²) >= 11 is 7.99. The second-order valence-corrected chi connectivity index (χ2v) is 7.00. The molecule has 0 bridgehead atoms. The third-order valence-corrected chi connectivity index (χ3v) is 5.06. The molecule has 0 saturated carbocycles. The van der Waals surface area contributed by atoms with Gasteiger partial charge in [-0.25, -0.2) is 0 Å². The van der Waals surface area contributed by atoms with Crippen molar-refractivity contribution in [2.24, 2.45) is 5.92 Å². The Kier molecular flexibility index (Phi) is 4.22. The summed E-state index contributed by atoms with van der Waals surface area (Å²) in [6, 6.07) is 0. The lowest BCUT2D eigenvalue weighted by atomic mass is 10.0. The average Bonchev–Trinajstić information content (AvgIpc) is 1.96. The van der Waals surface area contributed by atoms with Crippen LogP contribution in [0.5, 0.6) is 0 Å². The standard InChI is InChI=1S/C9H14S3/c1-6-9(4-5-10)7(2)12-8(3)11-6/h6-10H,1-3H3. The van der Waals surface area contributed by atoms with Gasteiger partial charge < -0.3 is 0 Å². The van der Waals surface area contributed by atoms with Crippen molar-refractivity contribution in [3.63, 3.8) is 0 Å². The molecule has 1 aliphatic rings. The molecule has 0 amide bonds. The predicted molar refractivity (Wildman–Crippen MR) is 63.8 cm³/mol. The van der Waals surface area contributed by atoms with Gasteiger partial charge in [0.15, 0.2) is 0 Å². The number of rotatable bonds is 0. The van der Waals surface area contributed by atoms with Crippen LogP contribution in [0, 0.1) is 17.1 Å². The summed E-state index contributed by atoms with van der Waals surface area (Å²) in [5, 5.41) is 4.03. The van der Waals surface area contributed by atoms with E-state index < -0.39 is 0 Å². The molecule has 0 spiro atoms. The molecular formula is C9H14S3. The molecule has 0 aliphatic carbocycles. The summed E-state index contributed by atoms with van der Waals surface area (Å²) in [5.41, 5.74) is 0. The third-order valence-electron chi connectivity index (χ3n) is 2.06. The SMILES string of the molecule is CC1SC(C)C(C#CS)C(C)S1. The van der Waals surface area contributed by atoms with Crippen LogP contribution in [0.25, 0.3) is 0 Å². The second-order valence-electron chi connectivity index (χ2n) is 3.03. The van der Waals surface area contributed by atoms with Crippen molar-refractivity contribution in [2.75, 3.05) is 0 Å². The molecule has 0 aromatic carbocycles. The van der Waals surface area contributed by atoms with E-state index in [0.29, 0.717) is 21.0 Å². The molecule has 1 aliphatic heterocycles. The average molecular weight is 218 g/mol. The maximum Gasteiger partial charge on any atom is 0.0480 e. The molecule has 2 atom stereocenters. The summed E-state index contributed by atoms with van der Waals surface area (Å²) < 4.78 is 0.716. The minimum Gasteiger partial charge on any atom is -0.143 e. The third kappa shape index (κ3) is 2.55. The van der Waals surface area contributed by atoms with Crippen LogP contribution < -0.4 is 0 Å². The molecule has 0 aromatic heterocycles. The zero-order valence-corrected chi connectivity index (χ0v) is 10.1. The Morgan fingerprint density at radius 2 is 1.58 bits per heavy atom. The Hall–Kier alpha value is 0.610. The topological polar surface area (TPSA) is 0 Å². The van der Waals surface area contributed by atoms with E-state index in [1.165, 1.54) is 0 Å². The van der Waals surface area contributed by atoms with Gasteiger partial charge in [0.1, 0.15) is 0 Å². The monoisotopic (exact) mass is 218 g/mol. The minimum atomic E-state index is 0.508. The van der Waals surface area contributed by atoms with E-state index in [2.05, 4.69) is 44.6 Å². The van der Waals surface area contributed by atoms with Crippen molar-refractivity contribution in [2.45, 2.75) is 35.9 Å². The van der Waals surface area contributed by atoms with Crippen molar-refractivity contribution in [3.05, 3.63) is 0 Å². The summed E-state index contributed by atoms with van der Waals surface area (Å²) in [4.78, 5) is 0. The first kappa shape index (κ1) is 10.7. The number of hydrogen-bond acceptors (Lipinski definition) is 3. The number of hydrogen-bond donors (Lipinski definition) is 1. The molecule has 3 heteroatoms. The Balaban J connectivity index is 2.64. The molecule has 68 valence electrons. The van der Waals surface area contributed by atoms with Gasteiger partial charge in [-0.05, 0) is 12.2 Å². The molecule has 12 heavy (non-hydrogen) atoms. The Morgan fingerprint density at radius 1 is 1.08 bits per heavy atom. The zero-order chi connectivity index (χ0) is 9.14. The first-order valence-corrected chi connectivity index (χ1v) is 6.44. The Morgan fingerprint density at radius 3 is 2.00 bits per heavy atom. The highest BCUT2D eigenvalue weighted by atomic mass is 32.2.